The molecule has 0 saturated heterocycles. The average Bonchev–Trinajstić information content (AvgIpc) is 2.99. The summed E-state index contributed by atoms with van der Waals surface area (Å²) in [6.07, 6.45) is 17.9. The van der Waals surface area contributed by atoms with E-state index in [2.05, 4.69) is 46.8 Å². The summed E-state index contributed by atoms with van der Waals surface area (Å²) in [5, 5.41) is 10.2. The van der Waals surface area contributed by atoms with Gasteiger partial charge in [-0.3, -0.25) is 0 Å². The van der Waals surface area contributed by atoms with Gasteiger partial charge < -0.3 is 5.11 Å². The van der Waals surface area contributed by atoms with E-state index in [4.69, 9.17) is 0 Å². The van der Waals surface area contributed by atoms with E-state index in [0.717, 1.165) is 42.4 Å². The topological polar surface area (TPSA) is 20.2 Å². The quantitative estimate of drug-likeness (QED) is 0.504. The van der Waals surface area contributed by atoms with Crippen molar-refractivity contribution in [1.82, 2.24) is 0 Å². The van der Waals surface area contributed by atoms with Crippen LogP contribution in [0.25, 0.3) is 0 Å². The fourth-order valence-electron chi connectivity index (χ4n) is 8.45. The minimum absolute atomic E-state index is 0.0813. The third-order valence-electron chi connectivity index (χ3n) is 10.0. The number of fused-ring (bicyclic) bond motifs is 5. The highest BCUT2D eigenvalue weighted by atomic mass is 16.3. The Labute approximate surface area is 174 Å². The first-order valence-electron chi connectivity index (χ1n) is 12.3. The van der Waals surface area contributed by atoms with Crippen molar-refractivity contribution in [1.29, 1.82) is 0 Å². The average molecular weight is 385 g/mol. The van der Waals surface area contributed by atoms with Gasteiger partial charge in [0, 0.05) is 0 Å². The number of aliphatic hydroxyl groups excluding tert-OH is 1. The van der Waals surface area contributed by atoms with E-state index in [0.29, 0.717) is 10.8 Å². The van der Waals surface area contributed by atoms with Crippen LogP contribution in [0.3, 0.4) is 0 Å². The lowest BCUT2D eigenvalue weighted by Crippen LogP contribution is -2.50. The van der Waals surface area contributed by atoms with Crippen LogP contribution in [0.2, 0.25) is 0 Å². The number of hydrogen-bond acceptors (Lipinski definition) is 1. The molecule has 4 aliphatic carbocycles. The van der Waals surface area contributed by atoms with Crippen LogP contribution in [0.1, 0.15) is 98.8 Å². The zero-order valence-electron chi connectivity index (χ0n) is 19.1. The maximum Gasteiger partial charge on any atom is 0.0577 e. The molecule has 3 saturated carbocycles. The van der Waals surface area contributed by atoms with Gasteiger partial charge in [0.25, 0.3) is 0 Å². The Hall–Kier alpha value is -0.560. The molecule has 8 atom stereocenters. The maximum atomic E-state index is 10.2. The Balaban J connectivity index is 1.51. The molecule has 1 heteroatoms. The lowest BCUT2D eigenvalue weighted by Gasteiger charge is -2.58. The Morgan fingerprint density at radius 2 is 1.93 bits per heavy atom. The summed E-state index contributed by atoms with van der Waals surface area (Å²) in [4.78, 5) is 0. The summed E-state index contributed by atoms with van der Waals surface area (Å²) in [6.45, 7) is 12.2. The van der Waals surface area contributed by atoms with Crippen LogP contribution in [-0.2, 0) is 0 Å². The molecule has 28 heavy (non-hydrogen) atoms. The summed E-state index contributed by atoms with van der Waals surface area (Å²) in [6, 6.07) is 0. The normalized spacial score (nSPS) is 46.1. The van der Waals surface area contributed by atoms with Crippen LogP contribution in [0, 0.1) is 40.4 Å². The van der Waals surface area contributed by atoms with Gasteiger partial charge in [-0.2, -0.15) is 0 Å². The highest BCUT2D eigenvalue weighted by molar-refractivity contribution is 5.25. The van der Waals surface area contributed by atoms with Crippen LogP contribution in [-0.4, -0.2) is 11.2 Å². The lowest BCUT2D eigenvalue weighted by molar-refractivity contribution is -0.0571. The summed E-state index contributed by atoms with van der Waals surface area (Å²) < 4.78 is 0. The van der Waals surface area contributed by atoms with Crippen molar-refractivity contribution in [3.8, 4) is 0 Å². The summed E-state index contributed by atoms with van der Waals surface area (Å²) >= 11 is 0. The molecule has 0 spiro atoms. The Morgan fingerprint density at radius 1 is 1.14 bits per heavy atom. The van der Waals surface area contributed by atoms with Gasteiger partial charge in [-0.25, -0.2) is 0 Å². The van der Waals surface area contributed by atoms with Gasteiger partial charge in [-0.1, -0.05) is 44.1 Å². The minimum atomic E-state index is -0.0813. The highest BCUT2D eigenvalue weighted by Crippen LogP contribution is 2.67. The molecule has 0 heterocycles. The van der Waals surface area contributed by atoms with Crippen LogP contribution in [0.4, 0.5) is 0 Å². The standard InChI is InChI=1S/C27H44O/c1-18(2)7-6-8-19(3)23-11-12-24-22-10-9-20-17-21(28)13-15-26(20,4)25(22)14-16-27(23,24)5/h7,9,19,21-25,28H,6,8,10-17H2,1-5H3/t19-,21+,22?,23-,24?,25?,26+,27-/m1/s1. The highest BCUT2D eigenvalue weighted by Gasteiger charge is 2.58. The fraction of sp³-hybridized carbons (Fsp3) is 0.852. The van der Waals surface area contributed by atoms with Crippen molar-refractivity contribution in [3.05, 3.63) is 23.3 Å². The first-order chi connectivity index (χ1) is 13.3. The molecule has 3 fully saturated rings. The number of rotatable bonds is 4. The van der Waals surface area contributed by atoms with Crippen molar-refractivity contribution in [2.75, 3.05) is 0 Å². The Morgan fingerprint density at radius 3 is 2.68 bits per heavy atom. The van der Waals surface area contributed by atoms with Crippen LogP contribution in [0.15, 0.2) is 23.3 Å². The first kappa shape index (κ1) is 20.7. The van der Waals surface area contributed by atoms with E-state index in [1.165, 1.54) is 56.9 Å². The summed E-state index contributed by atoms with van der Waals surface area (Å²) in [7, 11) is 0. The molecule has 0 aromatic heterocycles. The van der Waals surface area contributed by atoms with Crippen molar-refractivity contribution < 1.29 is 5.11 Å². The first-order valence-corrected chi connectivity index (χ1v) is 12.3. The van der Waals surface area contributed by atoms with E-state index in [1.54, 1.807) is 5.57 Å². The largest absolute Gasteiger partial charge is 0.393 e. The molecular weight excluding hydrogens is 340 g/mol. The lowest BCUT2D eigenvalue weighted by atomic mass is 9.47. The molecule has 158 valence electrons. The molecule has 4 rings (SSSR count). The zero-order chi connectivity index (χ0) is 20.1. The second-order valence-electron chi connectivity index (χ2n) is 11.7. The van der Waals surface area contributed by atoms with Crippen LogP contribution < -0.4 is 0 Å². The molecule has 0 aromatic carbocycles. The van der Waals surface area contributed by atoms with E-state index in [-0.39, 0.29) is 6.10 Å². The van der Waals surface area contributed by atoms with Crippen molar-refractivity contribution in [2.45, 2.75) is 105 Å². The molecule has 4 aliphatic rings. The fourth-order valence-corrected chi connectivity index (χ4v) is 8.45. The SMILES string of the molecule is CC(C)=CCC[C@@H](C)[C@H]1CCC2C3CC=C4C[C@@H](O)CC[C@]4(C)C3CC[C@@]21C. The zero-order valence-corrected chi connectivity index (χ0v) is 19.1. The second-order valence-corrected chi connectivity index (χ2v) is 11.7. The molecule has 1 nitrogen and oxygen atoms in total. The van der Waals surface area contributed by atoms with Gasteiger partial charge in [0.15, 0.2) is 0 Å². The summed E-state index contributed by atoms with van der Waals surface area (Å²) in [5.41, 5.74) is 4.04. The van der Waals surface area contributed by atoms with Gasteiger partial charge in [-0.05, 0) is 118 Å². The van der Waals surface area contributed by atoms with Gasteiger partial charge in [-0.15, -0.1) is 0 Å². The number of hydrogen-bond donors (Lipinski definition) is 1. The third kappa shape index (κ3) is 3.34. The van der Waals surface area contributed by atoms with E-state index < -0.39 is 0 Å². The molecular formula is C27H44O. The van der Waals surface area contributed by atoms with E-state index >= 15 is 0 Å². The van der Waals surface area contributed by atoms with Gasteiger partial charge >= 0.3 is 0 Å². The molecule has 0 radical (unpaired) electrons. The second kappa shape index (κ2) is 7.60. The van der Waals surface area contributed by atoms with E-state index in [9.17, 15) is 5.11 Å². The summed E-state index contributed by atoms with van der Waals surface area (Å²) in [5.74, 6) is 4.49. The van der Waals surface area contributed by atoms with Gasteiger partial charge in [0.05, 0.1) is 6.10 Å². The minimum Gasteiger partial charge on any atom is -0.393 e. The molecule has 0 amide bonds. The number of aliphatic hydroxyl groups is 1. The van der Waals surface area contributed by atoms with Crippen molar-refractivity contribution >= 4 is 0 Å². The molecule has 1 N–H and O–H groups in total. The van der Waals surface area contributed by atoms with E-state index in [1.807, 2.05) is 0 Å². The van der Waals surface area contributed by atoms with Crippen molar-refractivity contribution in [3.63, 3.8) is 0 Å². The van der Waals surface area contributed by atoms with Gasteiger partial charge in [0.1, 0.15) is 0 Å². The Bertz CT molecular complexity index is 641. The Kier molecular flexibility index (Phi) is 5.62. The van der Waals surface area contributed by atoms with Crippen molar-refractivity contribution in [2.24, 2.45) is 40.4 Å². The monoisotopic (exact) mass is 384 g/mol. The number of allylic oxidation sites excluding steroid dienone is 3. The molecule has 0 aliphatic heterocycles. The van der Waals surface area contributed by atoms with Crippen LogP contribution >= 0.6 is 0 Å². The molecule has 0 aromatic rings. The predicted octanol–water partition coefficient (Wildman–Crippen LogP) is 7.31. The maximum absolute atomic E-state index is 10.2. The smallest absolute Gasteiger partial charge is 0.0577 e. The van der Waals surface area contributed by atoms with Crippen LogP contribution in [0.5, 0.6) is 0 Å². The third-order valence-corrected chi connectivity index (χ3v) is 10.0. The molecule has 3 unspecified atom stereocenters. The van der Waals surface area contributed by atoms with Gasteiger partial charge in [0.2, 0.25) is 0 Å². The molecule has 0 bridgehead atoms. The predicted molar refractivity (Wildman–Crippen MR) is 119 cm³/mol.